The number of hydrogen-bond acceptors (Lipinski definition) is 0. The molecule has 0 saturated carbocycles. The van der Waals surface area contributed by atoms with E-state index < -0.39 is 0 Å². The monoisotopic (exact) mass is 510 g/mol. The van der Waals surface area contributed by atoms with E-state index in [4.69, 9.17) is 0 Å². The summed E-state index contributed by atoms with van der Waals surface area (Å²) in [7, 11) is 0. The molecule has 0 aromatic heterocycles. The number of fused-ring (bicyclic) bond motifs is 9. The summed E-state index contributed by atoms with van der Waals surface area (Å²) in [6, 6.07) is 41.2. The lowest BCUT2D eigenvalue weighted by molar-refractivity contribution is 0.664. The Balaban J connectivity index is 1.47. The predicted octanol–water partition coefficient (Wildman–Crippen LogP) is 10.9. The molecule has 190 valence electrons. The van der Waals surface area contributed by atoms with Crippen molar-refractivity contribution >= 4 is 32.3 Å². The third kappa shape index (κ3) is 2.53. The van der Waals surface area contributed by atoms with Crippen LogP contribution in [0.15, 0.2) is 109 Å². The fourth-order valence-corrected chi connectivity index (χ4v) is 8.41. The summed E-state index contributed by atoms with van der Waals surface area (Å²) < 4.78 is 0. The first kappa shape index (κ1) is 22.4. The highest BCUT2D eigenvalue weighted by atomic mass is 14.4. The van der Waals surface area contributed by atoms with Gasteiger partial charge in [-0.3, -0.25) is 0 Å². The van der Waals surface area contributed by atoms with Gasteiger partial charge in [0.05, 0.1) is 0 Å². The maximum atomic E-state index is 2.56. The quantitative estimate of drug-likeness (QED) is 0.193. The van der Waals surface area contributed by atoms with Crippen LogP contribution in [0.4, 0.5) is 0 Å². The Bertz CT molecular complexity index is 2190. The van der Waals surface area contributed by atoms with E-state index in [1.54, 1.807) is 0 Å². The minimum atomic E-state index is -0.125. The van der Waals surface area contributed by atoms with Crippen LogP contribution in [0.3, 0.4) is 0 Å². The van der Waals surface area contributed by atoms with Crippen LogP contribution in [0.5, 0.6) is 0 Å². The molecule has 7 aromatic carbocycles. The molecule has 0 nitrogen and oxygen atoms in total. The van der Waals surface area contributed by atoms with Gasteiger partial charge in [0.2, 0.25) is 0 Å². The molecule has 2 aliphatic carbocycles. The summed E-state index contributed by atoms with van der Waals surface area (Å²) in [5.74, 6) is 0. The van der Waals surface area contributed by atoms with Crippen molar-refractivity contribution in [3.8, 4) is 33.4 Å². The summed E-state index contributed by atoms with van der Waals surface area (Å²) in [5.41, 5.74) is 13.8. The first-order valence-electron chi connectivity index (χ1n) is 14.5. The molecule has 7 aromatic rings. The zero-order chi connectivity index (χ0) is 27.0. The molecule has 9 rings (SSSR count). The number of hydrogen-bond donors (Lipinski definition) is 0. The van der Waals surface area contributed by atoms with Crippen LogP contribution in [0.2, 0.25) is 0 Å². The highest BCUT2D eigenvalue weighted by Gasteiger charge is 2.42. The molecule has 0 N–H and O–H groups in total. The molecule has 40 heavy (non-hydrogen) atoms. The van der Waals surface area contributed by atoms with E-state index in [1.165, 1.54) is 88.0 Å². The molecule has 0 aliphatic heterocycles. The predicted molar refractivity (Wildman–Crippen MR) is 171 cm³/mol. The summed E-state index contributed by atoms with van der Waals surface area (Å²) >= 11 is 0. The van der Waals surface area contributed by atoms with E-state index in [2.05, 4.69) is 137 Å². The third-order valence-corrected chi connectivity index (χ3v) is 10.1. The van der Waals surface area contributed by atoms with Crippen LogP contribution in [0.25, 0.3) is 65.7 Å². The van der Waals surface area contributed by atoms with Gasteiger partial charge in [-0.05, 0) is 100 Å². The molecule has 0 bridgehead atoms. The molecule has 0 amide bonds. The van der Waals surface area contributed by atoms with Crippen LogP contribution in [0, 0.1) is 0 Å². The second-order valence-electron chi connectivity index (χ2n) is 12.9. The lowest BCUT2D eigenvalue weighted by Crippen LogP contribution is -2.17. The summed E-state index contributed by atoms with van der Waals surface area (Å²) in [5, 5.41) is 8.41. The topological polar surface area (TPSA) is 0 Å². The normalized spacial score (nSPS) is 15.9. The van der Waals surface area contributed by atoms with Crippen molar-refractivity contribution in [3.05, 3.63) is 131 Å². The van der Waals surface area contributed by atoms with Gasteiger partial charge >= 0.3 is 0 Å². The van der Waals surface area contributed by atoms with Crippen molar-refractivity contribution in [3.63, 3.8) is 0 Å². The maximum Gasteiger partial charge on any atom is 0.0165 e. The van der Waals surface area contributed by atoms with Crippen LogP contribution >= 0.6 is 0 Å². The molecular weight excluding hydrogens is 480 g/mol. The maximum absolute atomic E-state index is 2.56. The highest BCUT2D eigenvalue weighted by molar-refractivity contribution is 6.30. The zero-order valence-corrected chi connectivity index (χ0v) is 23.4. The van der Waals surface area contributed by atoms with Gasteiger partial charge < -0.3 is 0 Å². The van der Waals surface area contributed by atoms with Gasteiger partial charge in [0.1, 0.15) is 0 Å². The molecular formula is C40H30. The molecule has 0 spiro atoms. The van der Waals surface area contributed by atoms with Gasteiger partial charge in [0.25, 0.3) is 0 Å². The lowest BCUT2D eigenvalue weighted by atomic mass is 9.75. The largest absolute Gasteiger partial charge is 0.0622 e. The summed E-state index contributed by atoms with van der Waals surface area (Å²) in [6.45, 7) is 9.69. The Kier molecular flexibility index (Phi) is 4.03. The molecule has 0 saturated heterocycles. The van der Waals surface area contributed by atoms with Crippen molar-refractivity contribution < 1.29 is 0 Å². The molecule has 0 radical (unpaired) electrons. The molecule has 0 heteroatoms. The second-order valence-corrected chi connectivity index (χ2v) is 12.9. The Morgan fingerprint density at radius 3 is 2.05 bits per heavy atom. The minimum Gasteiger partial charge on any atom is -0.0622 e. The Morgan fingerprint density at radius 1 is 0.425 bits per heavy atom. The van der Waals surface area contributed by atoms with Crippen LogP contribution in [0.1, 0.15) is 49.9 Å². The van der Waals surface area contributed by atoms with E-state index >= 15 is 0 Å². The van der Waals surface area contributed by atoms with Crippen LogP contribution < -0.4 is 0 Å². The van der Waals surface area contributed by atoms with Crippen molar-refractivity contribution in [2.45, 2.75) is 38.5 Å². The van der Waals surface area contributed by atoms with Gasteiger partial charge in [0.15, 0.2) is 0 Å². The first-order valence-corrected chi connectivity index (χ1v) is 14.5. The van der Waals surface area contributed by atoms with E-state index in [1.807, 2.05) is 0 Å². The first-order chi connectivity index (χ1) is 19.4. The molecule has 0 heterocycles. The van der Waals surface area contributed by atoms with Gasteiger partial charge in [0, 0.05) is 10.8 Å². The summed E-state index contributed by atoms with van der Waals surface area (Å²) in [6.07, 6.45) is 0. The van der Waals surface area contributed by atoms with E-state index in [-0.39, 0.29) is 10.8 Å². The van der Waals surface area contributed by atoms with Crippen molar-refractivity contribution in [2.75, 3.05) is 0 Å². The fraction of sp³-hybridized carbons (Fsp3) is 0.150. The average Bonchev–Trinajstić information content (AvgIpc) is 3.36. The van der Waals surface area contributed by atoms with Crippen molar-refractivity contribution in [1.29, 1.82) is 0 Å². The molecule has 0 fully saturated rings. The van der Waals surface area contributed by atoms with Crippen molar-refractivity contribution in [2.24, 2.45) is 0 Å². The van der Waals surface area contributed by atoms with E-state index in [0.717, 1.165) is 0 Å². The SMILES string of the molecule is CC1(C)c2ccccc2-c2cc3c4c(c5cccc6ccc(c21)c3c65)-c1ccc(-c2ccccc2)cc1C4(C)C. The lowest BCUT2D eigenvalue weighted by Gasteiger charge is -2.28. The van der Waals surface area contributed by atoms with E-state index in [0.29, 0.717) is 0 Å². The Hall–Kier alpha value is -4.42. The third-order valence-electron chi connectivity index (χ3n) is 10.1. The summed E-state index contributed by atoms with van der Waals surface area (Å²) in [4.78, 5) is 0. The zero-order valence-electron chi connectivity index (χ0n) is 23.4. The van der Waals surface area contributed by atoms with Crippen LogP contribution in [-0.4, -0.2) is 0 Å². The smallest absolute Gasteiger partial charge is 0.0165 e. The average molecular weight is 511 g/mol. The minimum absolute atomic E-state index is 0.0412. The second kappa shape index (κ2) is 7.20. The number of rotatable bonds is 1. The van der Waals surface area contributed by atoms with E-state index in [9.17, 15) is 0 Å². The molecule has 0 unspecified atom stereocenters. The molecule has 2 aliphatic rings. The van der Waals surface area contributed by atoms with Gasteiger partial charge in [-0.1, -0.05) is 125 Å². The van der Waals surface area contributed by atoms with Gasteiger partial charge in [-0.25, -0.2) is 0 Å². The van der Waals surface area contributed by atoms with Crippen molar-refractivity contribution in [1.82, 2.24) is 0 Å². The van der Waals surface area contributed by atoms with Crippen LogP contribution in [-0.2, 0) is 10.8 Å². The van der Waals surface area contributed by atoms with Gasteiger partial charge in [-0.15, -0.1) is 0 Å². The Morgan fingerprint density at radius 2 is 1.20 bits per heavy atom. The number of benzene rings is 7. The standard InChI is InChI=1S/C40H30/c1-39(2)32-16-9-8-14-26(32)30-22-31-35-29(37(30)39)20-17-24-13-10-15-28(34(24)35)36-27-19-18-25(23-11-6-5-7-12-23)21-33(27)40(3,4)38(31)36/h5-22H,1-4H3. The van der Waals surface area contributed by atoms with Gasteiger partial charge in [-0.2, -0.15) is 0 Å². The molecule has 0 atom stereocenters. The fourth-order valence-electron chi connectivity index (χ4n) is 8.41. The Labute approximate surface area is 235 Å². The highest BCUT2D eigenvalue weighted by Crippen LogP contribution is 2.59.